The van der Waals surface area contributed by atoms with Crippen molar-refractivity contribution in [2.45, 2.75) is 31.8 Å². The van der Waals surface area contributed by atoms with Crippen LogP contribution in [-0.4, -0.2) is 51.0 Å². The molecule has 0 bridgehead atoms. The first-order valence-electron chi connectivity index (χ1n) is 12.1. The number of sulfonamides is 1. The molecule has 0 aliphatic heterocycles. The van der Waals surface area contributed by atoms with Gasteiger partial charge < -0.3 is 10.2 Å². The summed E-state index contributed by atoms with van der Waals surface area (Å²) in [6, 6.07) is 22.5. The van der Waals surface area contributed by atoms with Gasteiger partial charge >= 0.3 is 0 Å². The van der Waals surface area contributed by atoms with Crippen molar-refractivity contribution in [2.24, 2.45) is 0 Å². The van der Waals surface area contributed by atoms with E-state index >= 15 is 0 Å². The standard InChI is InChI=1S/C28H31Cl2N3O4S/c1-31-28(35)26(19-21-10-5-3-6-11-21)32(20-22-15-16-24(29)25(30)18-22)27(34)14-9-17-33(38(2,36)37)23-12-7-4-8-13-23/h3-8,10-13,15-16,18,26H,9,14,17,19-20H2,1-2H3,(H,31,35)/t26-/m1/s1. The summed E-state index contributed by atoms with van der Waals surface area (Å²) < 4.78 is 26.2. The minimum absolute atomic E-state index is 0.0441. The first-order valence-corrected chi connectivity index (χ1v) is 14.7. The highest BCUT2D eigenvalue weighted by molar-refractivity contribution is 7.92. The number of halogens is 2. The predicted molar refractivity (Wildman–Crippen MR) is 153 cm³/mol. The molecule has 2 amide bonds. The van der Waals surface area contributed by atoms with Crippen molar-refractivity contribution in [3.63, 3.8) is 0 Å². The van der Waals surface area contributed by atoms with Crippen LogP contribution in [0.4, 0.5) is 5.69 Å². The number of carbonyl (C=O) groups is 2. The third-order valence-electron chi connectivity index (χ3n) is 6.05. The Kier molecular flexibility index (Phi) is 10.6. The lowest BCUT2D eigenvalue weighted by Gasteiger charge is -2.31. The molecule has 0 aliphatic carbocycles. The van der Waals surface area contributed by atoms with Gasteiger partial charge in [-0.3, -0.25) is 13.9 Å². The quantitative estimate of drug-likeness (QED) is 0.332. The minimum Gasteiger partial charge on any atom is -0.357 e. The summed E-state index contributed by atoms with van der Waals surface area (Å²) >= 11 is 12.3. The van der Waals surface area contributed by atoms with Crippen LogP contribution in [0.25, 0.3) is 0 Å². The van der Waals surface area contributed by atoms with Crippen LogP contribution >= 0.6 is 23.2 Å². The van der Waals surface area contributed by atoms with Crippen molar-refractivity contribution in [1.82, 2.24) is 10.2 Å². The van der Waals surface area contributed by atoms with Gasteiger partial charge in [0, 0.05) is 33.0 Å². The number of amides is 2. The van der Waals surface area contributed by atoms with E-state index in [0.29, 0.717) is 22.2 Å². The molecule has 7 nitrogen and oxygen atoms in total. The van der Waals surface area contributed by atoms with E-state index < -0.39 is 16.1 Å². The maximum Gasteiger partial charge on any atom is 0.242 e. The van der Waals surface area contributed by atoms with E-state index in [1.54, 1.807) is 48.5 Å². The van der Waals surface area contributed by atoms with Gasteiger partial charge in [0.15, 0.2) is 0 Å². The zero-order chi connectivity index (χ0) is 27.7. The Morgan fingerprint density at radius 2 is 1.53 bits per heavy atom. The fraction of sp³-hybridized carbons (Fsp3) is 0.286. The van der Waals surface area contributed by atoms with E-state index in [2.05, 4.69) is 5.32 Å². The molecule has 3 aromatic rings. The summed E-state index contributed by atoms with van der Waals surface area (Å²) in [4.78, 5) is 28.2. The van der Waals surface area contributed by atoms with Gasteiger partial charge in [0.1, 0.15) is 6.04 Å². The molecule has 0 saturated carbocycles. The van der Waals surface area contributed by atoms with Crippen molar-refractivity contribution in [2.75, 3.05) is 24.2 Å². The van der Waals surface area contributed by atoms with Crippen molar-refractivity contribution >= 4 is 50.7 Å². The molecule has 0 saturated heterocycles. The number of benzene rings is 3. The molecule has 0 aromatic heterocycles. The van der Waals surface area contributed by atoms with E-state index in [9.17, 15) is 18.0 Å². The summed E-state index contributed by atoms with van der Waals surface area (Å²) in [5, 5.41) is 3.42. The Morgan fingerprint density at radius 3 is 2.11 bits per heavy atom. The number of nitrogens with zero attached hydrogens (tertiary/aromatic N) is 2. The Balaban J connectivity index is 1.85. The highest BCUT2D eigenvalue weighted by Gasteiger charge is 2.30. The van der Waals surface area contributed by atoms with Crippen LogP contribution < -0.4 is 9.62 Å². The minimum atomic E-state index is -3.55. The molecule has 3 aromatic carbocycles. The maximum atomic E-state index is 13.6. The molecular weight excluding hydrogens is 545 g/mol. The van der Waals surface area contributed by atoms with Crippen LogP contribution in [0.2, 0.25) is 10.0 Å². The summed E-state index contributed by atoms with van der Waals surface area (Å²) in [6.45, 7) is 0.258. The van der Waals surface area contributed by atoms with E-state index in [-0.39, 0.29) is 37.7 Å². The van der Waals surface area contributed by atoms with Gasteiger partial charge in [-0.05, 0) is 41.8 Å². The second-order valence-electron chi connectivity index (χ2n) is 8.86. The number of anilines is 1. The number of likely N-dealkylation sites (N-methyl/N-ethyl adjacent to an activating group) is 1. The smallest absolute Gasteiger partial charge is 0.242 e. The highest BCUT2D eigenvalue weighted by Crippen LogP contribution is 2.25. The zero-order valence-corrected chi connectivity index (χ0v) is 23.6. The second kappa shape index (κ2) is 13.6. The van der Waals surface area contributed by atoms with Gasteiger partial charge in [-0.25, -0.2) is 8.42 Å². The third-order valence-corrected chi connectivity index (χ3v) is 7.98. The van der Waals surface area contributed by atoms with Gasteiger partial charge in [-0.2, -0.15) is 0 Å². The molecule has 0 radical (unpaired) electrons. The lowest BCUT2D eigenvalue weighted by molar-refractivity contribution is -0.141. The third kappa shape index (κ3) is 8.21. The van der Waals surface area contributed by atoms with Crippen molar-refractivity contribution in [1.29, 1.82) is 0 Å². The van der Waals surface area contributed by atoms with Crippen LogP contribution in [-0.2, 0) is 32.6 Å². The molecule has 0 spiro atoms. The maximum absolute atomic E-state index is 13.6. The summed E-state index contributed by atoms with van der Waals surface area (Å²) in [5.41, 5.74) is 2.15. The molecule has 0 aliphatic rings. The first kappa shape index (κ1) is 29.5. The Hall–Kier alpha value is -3.07. The number of para-hydroxylation sites is 1. The lowest BCUT2D eigenvalue weighted by atomic mass is 10.0. The van der Waals surface area contributed by atoms with Gasteiger partial charge in [-0.1, -0.05) is 77.8 Å². The zero-order valence-electron chi connectivity index (χ0n) is 21.3. The van der Waals surface area contributed by atoms with E-state index in [0.717, 1.165) is 17.4 Å². The number of rotatable bonds is 12. The van der Waals surface area contributed by atoms with Crippen LogP contribution in [0.15, 0.2) is 78.9 Å². The second-order valence-corrected chi connectivity index (χ2v) is 11.6. The topological polar surface area (TPSA) is 86.8 Å². The van der Waals surface area contributed by atoms with Crippen LogP contribution in [0.5, 0.6) is 0 Å². The molecule has 10 heteroatoms. The van der Waals surface area contributed by atoms with Gasteiger partial charge in [0.25, 0.3) is 0 Å². The molecular formula is C28H31Cl2N3O4S. The molecule has 0 fully saturated rings. The van der Waals surface area contributed by atoms with Gasteiger partial charge in [0.2, 0.25) is 21.8 Å². The average Bonchev–Trinajstić information content (AvgIpc) is 2.90. The SMILES string of the molecule is CNC(=O)[C@@H](Cc1ccccc1)N(Cc1ccc(Cl)c(Cl)c1)C(=O)CCCN(c1ccccc1)S(C)(=O)=O. The summed E-state index contributed by atoms with van der Waals surface area (Å²) in [7, 11) is -2.02. The fourth-order valence-electron chi connectivity index (χ4n) is 4.15. The fourth-order valence-corrected chi connectivity index (χ4v) is 5.44. The number of nitrogens with one attached hydrogen (secondary N) is 1. The number of hydrogen-bond acceptors (Lipinski definition) is 4. The van der Waals surface area contributed by atoms with E-state index in [1.807, 2.05) is 30.3 Å². The normalized spacial score (nSPS) is 12.0. The Morgan fingerprint density at radius 1 is 0.895 bits per heavy atom. The lowest BCUT2D eigenvalue weighted by Crippen LogP contribution is -2.49. The predicted octanol–water partition coefficient (Wildman–Crippen LogP) is 4.93. The number of carbonyl (C=O) groups excluding carboxylic acids is 2. The molecule has 38 heavy (non-hydrogen) atoms. The average molecular weight is 577 g/mol. The first-order chi connectivity index (χ1) is 18.1. The Bertz CT molecular complexity index is 1340. The van der Waals surface area contributed by atoms with Crippen molar-refractivity contribution < 1.29 is 18.0 Å². The van der Waals surface area contributed by atoms with Crippen molar-refractivity contribution in [3.8, 4) is 0 Å². The van der Waals surface area contributed by atoms with Crippen molar-refractivity contribution in [3.05, 3.63) is 100 Å². The molecule has 0 unspecified atom stereocenters. The van der Waals surface area contributed by atoms with E-state index in [4.69, 9.17) is 23.2 Å². The largest absolute Gasteiger partial charge is 0.357 e. The van der Waals surface area contributed by atoms with Gasteiger partial charge in [-0.15, -0.1) is 0 Å². The van der Waals surface area contributed by atoms with Crippen LogP contribution in [0.3, 0.4) is 0 Å². The monoisotopic (exact) mass is 575 g/mol. The summed E-state index contributed by atoms with van der Waals surface area (Å²) in [5.74, 6) is -0.577. The number of hydrogen-bond donors (Lipinski definition) is 1. The van der Waals surface area contributed by atoms with Crippen LogP contribution in [0.1, 0.15) is 24.0 Å². The van der Waals surface area contributed by atoms with E-state index in [1.165, 1.54) is 16.3 Å². The molecule has 202 valence electrons. The molecule has 1 N–H and O–H groups in total. The Labute approximate surface area is 234 Å². The molecule has 3 rings (SSSR count). The summed E-state index contributed by atoms with van der Waals surface area (Å²) in [6.07, 6.45) is 1.76. The highest BCUT2D eigenvalue weighted by atomic mass is 35.5. The molecule has 0 heterocycles. The van der Waals surface area contributed by atoms with Crippen LogP contribution in [0, 0.1) is 0 Å². The molecule has 1 atom stereocenters. The van der Waals surface area contributed by atoms with Gasteiger partial charge in [0.05, 0.1) is 22.0 Å².